The number of aliphatic hydroxyl groups is 1. The van der Waals surface area contributed by atoms with Gasteiger partial charge in [-0.2, -0.15) is 8.78 Å². The highest BCUT2D eigenvalue weighted by molar-refractivity contribution is 5.28. The van der Waals surface area contributed by atoms with Gasteiger partial charge in [0.2, 0.25) is 0 Å². The van der Waals surface area contributed by atoms with Crippen molar-refractivity contribution in [3.05, 3.63) is 29.8 Å². The average molecular weight is 285 g/mol. The summed E-state index contributed by atoms with van der Waals surface area (Å²) in [7, 11) is 0. The van der Waals surface area contributed by atoms with Crippen LogP contribution in [0.15, 0.2) is 24.3 Å². The molecule has 0 radical (unpaired) electrons. The normalized spacial score (nSPS) is 18.2. The number of aliphatic hydroxyl groups excluding tert-OH is 1. The largest absolute Gasteiger partial charge is 0.435 e. The van der Waals surface area contributed by atoms with Crippen molar-refractivity contribution in [2.24, 2.45) is 0 Å². The van der Waals surface area contributed by atoms with Crippen LogP contribution >= 0.6 is 0 Å². The molecule has 2 N–H and O–H groups in total. The van der Waals surface area contributed by atoms with Gasteiger partial charge in [0.15, 0.2) is 0 Å². The van der Waals surface area contributed by atoms with Crippen LogP contribution in [0.3, 0.4) is 0 Å². The van der Waals surface area contributed by atoms with Crippen molar-refractivity contribution in [3.63, 3.8) is 0 Å². The lowest BCUT2D eigenvalue weighted by Gasteiger charge is -2.24. The maximum atomic E-state index is 12.0. The van der Waals surface area contributed by atoms with E-state index in [-0.39, 0.29) is 5.75 Å². The Balaban J connectivity index is 1.80. The summed E-state index contributed by atoms with van der Waals surface area (Å²) < 4.78 is 28.3. The van der Waals surface area contributed by atoms with Crippen molar-refractivity contribution in [1.82, 2.24) is 5.32 Å². The standard InChI is InChI=1S/C15H21F2NO2/c16-15(17)20-13-8-6-11(7-9-13)14(19)10-18-12-4-2-1-3-5-12/h6-9,12,14-15,18-19H,1-5,10H2. The van der Waals surface area contributed by atoms with Gasteiger partial charge in [-0.3, -0.25) is 0 Å². The second kappa shape index (κ2) is 7.55. The first-order chi connectivity index (χ1) is 9.65. The SMILES string of the molecule is OC(CNC1CCCCC1)c1ccc(OC(F)F)cc1. The molecule has 0 saturated heterocycles. The van der Waals surface area contributed by atoms with E-state index in [0.717, 1.165) is 12.8 Å². The molecule has 1 atom stereocenters. The Morgan fingerprint density at radius 1 is 1.15 bits per heavy atom. The second-order valence-electron chi connectivity index (χ2n) is 5.21. The molecule has 0 amide bonds. The van der Waals surface area contributed by atoms with Gasteiger partial charge in [-0.1, -0.05) is 31.4 Å². The summed E-state index contributed by atoms with van der Waals surface area (Å²) in [5.41, 5.74) is 0.704. The van der Waals surface area contributed by atoms with Crippen molar-refractivity contribution in [2.45, 2.75) is 50.9 Å². The molecule has 0 bridgehead atoms. The highest BCUT2D eigenvalue weighted by atomic mass is 19.3. The topological polar surface area (TPSA) is 41.5 Å². The van der Waals surface area contributed by atoms with E-state index in [2.05, 4.69) is 10.1 Å². The highest BCUT2D eigenvalue weighted by Crippen LogP contribution is 2.21. The first-order valence-electron chi connectivity index (χ1n) is 7.11. The first-order valence-corrected chi connectivity index (χ1v) is 7.11. The molecule has 1 aliphatic rings. The summed E-state index contributed by atoms with van der Waals surface area (Å²) in [5, 5.41) is 13.4. The maximum Gasteiger partial charge on any atom is 0.387 e. The predicted molar refractivity (Wildman–Crippen MR) is 72.9 cm³/mol. The van der Waals surface area contributed by atoms with E-state index in [0.29, 0.717) is 18.2 Å². The van der Waals surface area contributed by atoms with Crippen LogP contribution in [0.25, 0.3) is 0 Å². The van der Waals surface area contributed by atoms with Crippen LogP contribution in [-0.2, 0) is 0 Å². The van der Waals surface area contributed by atoms with Crippen molar-refractivity contribution >= 4 is 0 Å². The van der Waals surface area contributed by atoms with Crippen LogP contribution in [-0.4, -0.2) is 24.3 Å². The molecule has 1 aromatic rings. The number of hydrogen-bond donors (Lipinski definition) is 2. The molecule has 20 heavy (non-hydrogen) atoms. The zero-order valence-corrected chi connectivity index (χ0v) is 11.4. The van der Waals surface area contributed by atoms with E-state index < -0.39 is 12.7 Å². The minimum Gasteiger partial charge on any atom is -0.435 e. The van der Waals surface area contributed by atoms with E-state index in [1.807, 2.05) is 0 Å². The van der Waals surface area contributed by atoms with Gasteiger partial charge < -0.3 is 15.2 Å². The fourth-order valence-corrected chi connectivity index (χ4v) is 2.57. The lowest BCUT2D eigenvalue weighted by Crippen LogP contribution is -2.34. The van der Waals surface area contributed by atoms with Crippen LogP contribution in [0.5, 0.6) is 5.75 Å². The molecule has 1 unspecified atom stereocenters. The van der Waals surface area contributed by atoms with E-state index in [4.69, 9.17) is 0 Å². The minimum atomic E-state index is -2.82. The Bertz CT molecular complexity index is 391. The third kappa shape index (κ3) is 4.72. The third-order valence-corrected chi connectivity index (χ3v) is 3.70. The smallest absolute Gasteiger partial charge is 0.387 e. The quantitative estimate of drug-likeness (QED) is 0.843. The van der Waals surface area contributed by atoms with Gasteiger partial charge >= 0.3 is 6.61 Å². The van der Waals surface area contributed by atoms with E-state index in [1.165, 1.54) is 31.4 Å². The summed E-state index contributed by atoms with van der Waals surface area (Å²) in [4.78, 5) is 0. The summed E-state index contributed by atoms with van der Waals surface area (Å²) in [6, 6.07) is 6.62. The van der Waals surface area contributed by atoms with Gasteiger partial charge in [-0.05, 0) is 30.5 Å². The van der Waals surface area contributed by atoms with E-state index >= 15 is 0 Å². The Kier molecular flexibility index (Phi) is 5.73. The molecule has 0 aliphatic heterocycles. The molecular weight excluding hydrogens is 264 g/mol. The fourth-order valence-electron chi connectivity index (χ4n) is 2.57. The predicted octanol–water partition coefficient (Wildman–Crippen LogP) is 3.24. The molecule has 1 saturated carbocycles. The number of nitrogens with one attached hydrogen (secondary N) is 1. The maximum absolute atomic E-state index is 12.0. The van der Waals surface area contributed by atoms with Gasteiger partial charge in [0.25, 0.3) is 0 Å². The van der Waals surface area contributed by atoms with E-state index in [1.54, 1.807) is 12.1 Å². The molecule has 1 aromatic carbocycles. The minimum absolute atomic E-state index is 0.108. The summed E-state index contributed by atoms with van der Waals surface area (Å²) in [6.07, 6.45) is 5.48. The molecule has 0 heterocycles. The zero-order chi connectivity index (χ0) is 14.4. The number of halogens is 2. The number of hydrogen-bond acceptors (Lipinski definition) is 3. The molecule has 3 nitrogen and oxygen atoms in total. The lowest BCUT2D eigenvalue weighted by molar-refractivity contribution is -0.0498. The Morgan fingerprint density at radius 3 is 2.40 bits per heavy atom. The van der Waals surface area contributed by atoms with Crippen LogP contribution in [0.1, 0.15) is 43.8 Å². The first kappa shape index (κ1) is 15.2. The Hall–Kier alpha value is -1.20. The molecule has 5 heteroatoms. The third-order valence-electron chi connectivity index (χ3n) is 3.70. The monoisotopic (exact) mass is 285 g/mol. The summed E-state index contributed by atoms with van der Waals surface area (Å²) in [5.74, 6) is 0.108. The molecule has 0 aromatic heterocycles. The van der Waals surface area contributed by atoms with Gasteiger partial charge in [0.05, 0.1) is 6.10 Å². The molecule has 112 valence electrons. The van der Waals surface area contributed by atoms with Crippen molar-refractivity contribution in [2.75, 3.05) is 6.54 Å². The van der Waals surface area contributed by atoms with Gasteiger partial charge in [0, 0.05) is 12.6 Å². The fraction of sp³-hybridized carbons (Fsp3) is 0.600. The average Bonchev–Trinajstić information content (AvgIpc) is 2.46. The number of benzene rings is 1. The molecule has 1 fully saturated rings. The zero-order valence-electron chi connectivity index (χ0n) is 11.4. The van der Waals surface area contributed by atoms with Gasteiger partial charge in [-0.25, -0.2) is 0 Å². The van der Waals surface area contributed by atoms with Crippen molar-refractivity contribution < 1.29 is 18.6 Å². The molecular formula is C15H21F2NO2. The number of rotatable bonds is 6. The summed E-state index contributed by atoms with van der Waals surface area (Å²) >= 11 is 0. The van der Waals surface area contributed by atoms with Crippen LogP contribution in [0, 0.1) is 0 Å². The molecule has 0 spiro atoms. The lowest BCUT2D eigenvalue weighted by atomic mass is 9.95. The van der Waals surface area contributed by atoms with Crippen LogP contribution < -0.4 is 10.1 Å². The number of alkyl halides is 2. The Morgan fingerprint density at radius 2 is 1.80 bits per heavy atom. The highest BCUT2D eigenvalue weighted by Gasteiger charge is 2.15. The van der Waals surface area contributed by atoms with E-state index in [9.17, 15) is 13.9 Å². The van der Waals surface area contributed by atoms with Crippen LogP contribution in [0.4, 0.5) is 8.78 Å². The van der Waals surface area contributed by atoms with Crippen molar-refractivity contribution in [1.29, 1.82) is 0 Å². The van der Waals surface area contributed by atoms with Gasteiger partial charge in [0.1, 0.15) is 5.75 Å². The summed E-state index contributed by atoms with van der Waals surface area (Å²) in [6.45, 7) is -2.33. The van der Waals surface area contributed by atoms with Crippen molar-refractivity contribution in [3.8, 4) is 5.75 Å². The van der Waals surface area contributed by atoms with Crippen LogP contribution in [0.2, 0.25) is 0 Å². The van der Waals surface area contributed by atoms with Gasteiger partial charge in [-0.15, -0.1) is 0 Å². The number of ether oxygens (including phenoxy) is 1. The second-order valence-corrected chi connectivity index (χ2v) is 5.21. The Labute approximate surface area is 117 Å². The molecule has 1 aliphatic carbocycles. The molecule has 2 rings (SSSR count).